The molecule has 1 aromatic heterocycles. The van der Waals surface area contributed by atoms with Crippen molar-refractivity contribution in [1.29, 1.82) is 0 Å². The van der Waals surface area contributed by atoms with Crippen LogP contribution >= 0.6 is 11.8 Å². The predicted octanol–water partition coefficient (Wildman–Crippen LogP) is 2.44. The van der Waals surface area contributed by atoms with E-state index >= 15 is 0 Å². The number of nitrogens with zero attached hydrogens (tertiary/aromatic N) is 3. The largest absolute Gasteiger partial charge is 0.355 e. The van der Waals surface area contributed by atoms with Crippen LogP contribution in [0.25, 0.3) is 0 Å². The molecule has 0 aliphatic rings. The molecule has 1 amide bonds. The molecule has 1 aromatic carbocycles. The number of thioether (sulfide) groups is 1. The van der Waals surface area contributed by atoms with Crippen LogP contribution in [0.15, 0.2) is 34.3 Å². The standard InChI is InChI=1S/C18H26N4O3S2/c1-5-22-16(12-27(24,25)15-8-6-14(4)7-9-15)20-21-18(22)26-11-17(23)19-10-13(2)3/h6-9,13H,5,10-12H2,1-4H3,(H,19,23). The smallest absolute Gasteiger partial charge is 0.230 e. The summed E-state index contributed by atoms with van der Waals surface area (Å²) in [4.78, 5) is 12.1. The molecule has 0 saturated heterocycles. The molecule has 0 atom stereocenters. The van der Waals surface area contributed by atoms with Crippen LogP contribution < -0.4 is 5.32 Å². The number of carbonyl (C=O) groups is 1. The minimum absolute atomic E-state index is 0.0758. The lowest BCUT2D eigenvalue weighted by Crippen LogP contribution is -2.28. The molecule has 0 radical (unpaired) electrons. The van der Waals surface area contributed by atoms with E-state index in [1.54, 1.807) is 28.8 Å². The summed E-state index contributed by atoms with van der Waals surface area (Å²) in [5, 5.41) is 11.5. The van der Waals surface area contributed by atoms with E-state index < -0.39 is 9.84 Å². The molecule has 0 saturated carbocycles. The van der Waals surface area contributed by atoms with Crippen LogP contribution in [0.4, 0.5) is 0 Å². The third kappa shape index (κ3) is 6.07. The maximum absolute atomic E-state index is 12.7. The summed E-state index contributed by atoms with van der Waals surface area (Å²) < 4.78 is 27.0. The zero-order chi connectivity index (χ0) is 20.0. The van der Waals surface area contributed by atoms with Gasteiger partial charge < -0.3 is 9.88 Å². The SMILES string of the molecule is CCn1c(CS(=O)(=O)c2ccc(C)cc2)nnc1SCC(=O)NCC(C)C. The maximum atomic E-state index is 12.7. The van der Waals surface area contributed by atoms with Crippen LogP contribution in [-0.4, -0.2) is 41.4 Å². The molecule has 1 N–H and O–H groups in total. The molecule has 0 aliphatic heterocycles. The summed E-state index contributed by atoms with van der Waals surface area (Å²) in [6, 6.07) is 6.75. The van der Waals surface area contributed by atoms with Crippen LogP contribution in [0.3, 0.4) is 0 Å². The van der Waals surface area contributed by atoms with Crippen molar-refractivity contribution in [3.63, 3.8) is 0 Å². The van der Waals surface area contributed by atoms with Gasteiger partial charge in [0.05, 0.1) is 10.6 Å². The molecule has 0 spiro atoms. The first-order chi connectivity index (χ1) is 12.7. The van der Waals surface area contributed by atoms with Crippen molar-refractivity contribution < 1.29 is 13.2 Å². The molecule has 2 rings (SSSR count). The summed E-state index contributed by atoms with van der Waals surface area (Å²) in [5.41, 5.74) is 1.00. The summed E-state index contributed by atoms with van der Waals surface area (Å²) in [7, 11) is -3.51. The number of aromatic nitrogens is 3. The number of benzene rings is 1. The van der Waals surface area contributed by atoms with Gasteiger partial charge in [-0.3, -0.25) is 4.79 Å². The lowest BCUT2D eigenvalue weighted by atomic mass is 10.2. The number of nitrogens with one attached hydrogen (secondary N) is 1. The molecule has 0 aliphatic carbocycles. The molecular weight excluding hydrogens is 384 g/mol. The second-order valence-electron chi connectivity index (χ2n) is 6.70. The van der Waals surface area contributed by atoms with Crippen molar-refractivity contribution in [3.8, 4) is 0 Å². The highest BCUT2D eigenvalue weighted by atomic mass is 32.2. The molecule has 0 unspecified atom stereocenters. The Labute approximate surface area is 164 Å². The average Bonchev–Trinajstić information content (AvgIpc) is 2.99. The van der Waals surface area contributed by atoms with Gasteiger partial charge in [0.25, 0.3) is 0 Å². The van der Waals surface area contributed by atoms with Crippen molar-refractivity contribution in [1.82, 2.24) is 20.1 Å². The molecule has 9 heteroatoms. The molecule has 0 bridgehead atoms. The van der Waals surface area contributed by atoms with Gasteiger partial charge in [0, 0.05) is 13.1 Å². The fourth-order valence-corrected chi connectivity index (χ4v) is 4.47. The third-order valence-electron chi connectivity index (χ3n) is 3.85. The first kappa shape index (κ1) is 21.4. The predicted molar refractivity (Wildman–Crippen MR) is 106 cm³/mol. The lowest BCUT2D eigenvalue weighted by Gasteiger charge is -2.09. The first-order valence-corrected chi connectivity index (χ1v) is 11.5. The second kappa shape index (κ2) is 9.36. The minimum Gasteiger partial charge on any atom is -0.355 e. The molecule has 0 fully saturated rings. The van der Waals surface area contributed by atoms with Crippen molar-refractivity contribution in [3.05, 3.63) is 35.7 Å². The quantitative estimate of drug-likeness (QED) is 0.638. The summed E-state index contributed by atoms with van der Waals surface area (Å²) in [6.07, 6.45) is 0. The zero-order valence-corrected chi connectivity index (χ0v) is 17.7. The Bertz CT molecular complexity index is 875. The number of aryl methyl sites for hydroxylation is 1. The highest BCUT2D eigenvalue weighted by Gasteiger charge is 2.21. The molecule has 7 nitrogen and oxygen atoms in total. The number of rotatable bonds is 9. The van der Waals surface area contributed by atoms with Gasteiger partial charge in [0.1, 0.15) is 11.6 Å². The lowest BCUT2D eigenvalue weighted by molar-refractivity contribution is -0.118. The molecule has 1 heterocycles. The Kier molecular flexibility index (Phi) is 7.43. The number of carbonyl (C=O) groups excluding carboxylic acids is 1. The van der Waals surface area contributed by atoms with Crippen molar-refractivity contribution in [2.24, 2.45) is 5.92 Å². The van der Waals surface area contributed by atoms with Crippen molar-refractivity contribution in [2.75, 3.05) is 12.3 Å². The van der Waals surface area contributed by atoms with Crippen LogP contribution in [0, 0.1) is 12.8 Å². The Balaban J connectivity index is 2.08. The van der Waals surface area contributed by atoms with Gasteiger partial charge in [0.2, 0.25) is 5.91 Å². The fourth-order valence-electron chi connectivity index (χ4n) is 2.35. The van der Waals surface area contributed by atoms with Crippen LogP contribution in [0.1, 0.15) is 32.2 Å². The Hall–Kier alpha value is -1.87. The Morgan fingerprint density at radius 3 is 2.48 bits per heavy atom. The monoisotopic (exact) mass is 410 g/mol. The minimum atomic E-state index is -3.51. The number of hydrogen-bond donors (Lipinski definition) is 1. The third-order valence-corrected chi connectivity index (χ3v) is 6.44. The maximum Gasteiger partial charge on any atom is 0.230 e. The van der Waals surface area contributed by atoms with E-state index in [1.165, 1.54) is 11.8 Å². The van der Waals surface area contributed by atoms with Gasteiger partial charge in [-0.15, -0.1) is 10.2 Å². The van der Waals surface area contributed by atoms with E-state index in [-0.39, 0.29) is 22.3 Å². The number of amides is 1. The molecule has 2 aromatic rings. The van der Waals surface area contributed by atoms with E-state index in [1.807, 2.05) is 27.7 Å². The number of hydrogen-bond acceptors (Lipinski definition) is 6. The van der Waals surface area contributed by atoms with Crippen LogP contribution in [0.5, 0.6) is 0 Å². The first-order valence-electron chi connectivity index (χ1n) is 8.84. The van der Waals surface area contributed by atoms with Gasteiger partial charge in [-0.25, -0.2) is 8.42 Å². The summed E-state index contributed by atoms with van der Waals surface area (Å²) >= 11 is 1.26. The van der Waals surface area contributed by atoms with Gasteiger partial charge in [0.15, 0.2) is 15.0 Å². The van der Waals surface area contributed by atoms with Gasteiger partial charge >= 0.3 is 0 Å². The van der Waals surface area contributed by atoms with E-state index in [0.717, 1.165) is 5.56 Å². The van der Waals surface area contributed by atoms with E-state index in [0.29, 0.717) is 30.0 Å². The molecule has 148 valence electrons. The Morgan fingerprint density at radius 1 is 1.22 bits per heavy atom. The topological polar surface area (TPSA) is 93.9 Å². The highest BCUT2D eigenvalue weighted by molar-refractivity contribution is 7.99. The number of sulfone groups is 1. The van der Waals surface area contributed by atoms with Gasteiger partial charge in [-0.1, -0.05) is 43.3 Å². The van der Waals surface area contributed by atoms with Crippen LogP contribution in [-0.2, 0) is 26.9 Å². The average molecular weight is 411 g/mol. The summed E-state index contributed by atoms with van der Waals surface area (Å²) in [5.74, 6) is 0.681. The van der Waals surface area contributed by atoms with Crippen LogP contribution in [0.2, 0.25) is 0 Å². The molecular formula is C18H26N4O3S2. The van der Waals surface area contributed by atoms with Gasteiger partial charge in [-0.2, -0.15) is 0 Å². The molecule has 27 heavy (non-hydrogen) atoms. The fraction of sp³-hybridized carbons (Fsp3) is 0.500. The normalized spacial score (nSPS) is 11.7. The van der Waals surface area contributed by atoms with Gasteiger partial charge in [-0.05, 0) is 31.9 Å². The Morgan fingerprint density at radius 2 is 1.89 bits per heavy atom. The summed E-state index contributed by atoms with van der Waals surface area (Å²) in [6.45, 7) is 9.02. The highest BCUT2D eigenvalue weighted by Crippen LogP contribution is 2.21. The van der Waals surface area contributed by atoms with E-state index in [2.05, 4.69) is 15.5 Å². The second-order valence-corrected chi connectivity index (χ2v) is 9.63. The van der Waals surface area contributed by atoms with Crippen molar-refractivity contribution >= 4 is 27.5 Å². The van der Waals surface area contributed by atoms with E-state index in [9.17, 15) is 13.2 Å². The van der Waals surface area contributed by atoms with Crippen molar-refractivity contribution in [2.45, 2.75) is 50.0 Å². The zero-order valence-electron chi connectivity index (χ0n) is 16.1. The van der Waals surface area contributed by atoms with E-state index in [4.69, 9.17) is 0 Å².